The van der Waals surface area contributed by atoms with Gasteiger partial charge in [0, 0.05) is 5.56 Å². The number of rotatable bonds is 4. The lowest BCUT2D eigenvalue weighted by molar-refractivity contribution is -0.390. The highest BCUT2D eigenvalue weighted by Gasteiger charge is 2.33. The molecule has 0 saturated carbocycles. The molecule has 2 rings (SSSR count). The lowest BCUT2D eigenvalue weighted by Gasteiger charge is -2.13. The van der Waals surface area contributed by atoms with Gasteiger partial charge in [0.15, 0.2) is 0 Å². The number of hydrogen-bond acceptors (Lipinski definition) is 4. The van der Waals surface area contributed by atoms with Crippen LogP contribution in [0.2, 0.25) is 0 Å². The smallest absolute Gasteiger partial charge is 0.416 e. The van der Waals surface area contributed by atoms with E-state index in [4.69, 9.17) is 4.74 Å². The van der Waals surface area contributed by atoms with Crippen LogP contribution < -0.4 is 4.74 Å². The van der Waals surface area contributed by atoms with Crippen LogP contribution in [-0.2, 0) is 12.8 Å². The first kappa shape index (κ1) is 14.8. The van der Waals surface area contributed by atoms with E-state index < -0.39 is 29.1 Å². The monoisotopic (exact) mass is 298 g/mol. The Balaban J connectivity index is 2.24. The molecule has 0 fully saturated rings. The molecule has 0 radical (unpaired) electrons. The van der Waals surface area contributed by atoms with Gasteiger partial charge >= 0.3 is 12.0 Å². The van der Waals surface area contributed by atoms with E-state index in [0.717, 1.165) is 6.07 Å². The van der Waals surface area contributed by atoms with Crippen molar-refractivity contribution in [1.29, 1.82) is 0 Å². The molecule has 0 unspecified atom stereocenters. The van der Waals surface area contributed by atoms with Crippen molar-refractivity contribution in [3.8, 4) is 5.75 Å². The number of nitrogens with zero attached hydrogens (tertiary/aromatic N) is 2. The predicted octanol–water partition coefficient (Wildman–Crippen LogP) is 3.59. The van der Waals surface area contributed by atoms with Crippen molar-refractivity contribution in [3.63, 3.8) is 0 Å². The van der Waals surface area contributed by atoms with Crippen LogP contribution in [0.4, 0.5) is 19.0 Å². The van der Waals surface area contributed by atoms with Crippen LogP contribution in [0.25, 0.3) is 0 Å². The number of hydrogen-bond donors (Lipinski definition) is 0. The first-order valence-electron chi connectivity index (χ1n) is 5.77. The summed E-state index contributed by atoms with van der Waals surface area (Å²) in [5.41, 5.74) is -0.945. The van der Waals surface area contributed by atoms with Crippen LogP contribution in [0.1, 0.15) is 11.1 Å². The molecule has 0 saturated heterocycles. The van der Waals surface area contributed by atoms with Gasteiger partial charge in [0.25, 0.3) is 0 Å². The van der Waals surface area contributed by atoms with Crippen molar-refractivity contribution < 1.29 is 22.8 Å². The third-order valence-corrected chi connectivity index (χ3v) is 2.63. The number of nitro groups is 1. The zero-order valence-corrected chi connectivity index (χ0v) is 10.5. The van der Waals surface area contributed by atoms with Crippen molar-refractivity contribution in [2.45, 2.75) is 12.8 Å². The molecule has 0 aliphatic heterocycles. The SMILES string of the molecule is O=[N+]([O-])c1ncccc1OCc1ccccc1C(F)(F)F. The molecule has 2 aromatic rings. The Morgan fingerprint density at radius 1 is 1.19 bits per heavy atom. The molecule has 5 nitrogen and oxygen atoms in total. The highest BCUT2D eigenvalue weighted by atomic mass is 19.4. The van der Waals surface area contributed by atoms with Gasteiger partial charge in [-0.2, -0.15) is 13.2 Å². The summed E-state index contributed by atoms with van der Waals surface area (Å²) in [4.78, 5) is 13.5. The summed E-state index contributed by atoms with van der Waals surface area (Å²) in [7, 11) is 0. The summed E-state index contributed by atoms with van der Waals surface area (Å²) < 4.78 is 43.5. The minimum absolute atomic E-state index is 0.108. The molecule has 21 heavy (non-hydrogen) atoms. The normalized spacial score (nSPS) is 11.2. The van der Waals surface area contributed by atoms with Crippen molar-refractivity contribution in [3.05, 3.63) is 63.8 Å². The van der Waals surface area contributed by atoms with E-state index >= 15 is 0 Å². The predicted molar refractivity (Wildman–Crippen MR) is 66.7 cm³/mol. The maximum absolute atomic E-state index is 12.8. The minimum Gasteiger partial charge on any atom is -0.481 e. The summed E-state index contributed by atoms with van der Waals surface area (Å²) in [6.07, 6.45) is -3.31. The van der Waals surface area contributed by atoms with Crippen molar-refractivity contribution in [2.75, 3.05) is 0 Å². The molecular formula is C13H9F3N2O3. The first-order valence-corrected chi connectivity index (χ1v) is 5.77. The Labute approximate surface area is 117 Å². The number of pyridine rings is 1. The molecule has 0 aliphatic carbocycles. The third-order valence-electron chi connectivity index (χ3n) is 2.63. The molecule has 1 heterocycles. The number of aromatic nitrogens is 1. The second-order valence-corrected chi connectivity index (χ2v) is 4.03. The van der Waals surface area contributed by atoms with E-state index in [0.29, 0.717) is 0 Å². The molecule has 0 bridgehead atoms. The van der Waals surface area contributed by atoms with Crippen molar-refractivity contribution in [2.24, 2.45) is 0 Å². The Morgan fingerprint density at radius 2 is 1.90 bits per heavy atom. The second-order valence-electron chi connectivity index (χ2n) is 4.03. The van der Waals surface area contributed by atoms with Gasteiger partial charge in [0.05, 0.1) is 5.56 Å². The molecule has 0 N–H and O–H groups in total. The number of ether oxygens (including phenoxy) is 1. The summed E-state index contributed by atoms with van der Waals surface area (Å²) >= 11 is 0. The number of benzene rings is 1. The van der Waals surface area contributed by atoms with Gasteiger partial charge in [-0.3, -0.25) is 0 Å². The van der Waals surface area contributed by atoms with Crippen LogP contribution in [0.3, 0.4) is 0 Å². The first-order chi connectivity index (χ1) is 9.89. The third kappa shape index (κ3) is 3.47. The fourth-order valence-corrected chi connectivity index (χ4v) is 1.71. The Hall–Kier alpha value is -2.64. The van der Waals surface area contributed by atoms with Gasteiger partial charge < -0.3 is 14.9 Å². The van der Waals surface area contributed by atoms with E-state index in [1.807, 2.05) is 0 Å². The van der Waals surface area contributed by atoms with Gasteiger partial charge in [0.2, 0.25) is 5.75 Å². The van der Waals surface area contributed by atoms with Gasteiger partial charge in [-0.1, -0.05) is 18.2 Å². The van der Waals surface area contributed by atoms with Crippen LogP contribution in [0.5, 0.6) is 5.75 Å². The van der Waals surface area contributed by atoms with Crippen LogP contribution >= 0.6 is 0 Å². The molecule has 0 amide bonds. The van der Waals surface area contributed by atoms with E-state index in [2.05, 4.69) is 4.98 Å². The molecule has 0 atom stereocenters. The Bertz CT molecular complexity index is 659. The van der Waals surface area contributed by atoms with E-state index in [9.17, 15) is 23.3 Å². The fourth-order valence-electron chi connectivity index (χ4n) is 1.71. The van der Waals surface area contributed by atoms with Crippen molar-refractivity contribution >= 4 is 5.82 Å². The standard InChI is InChI=1S/C13H9F3N2O3/c14-13(15,16)10-5-2-1-4-9(10)8-21-11-6-3-7-17-12(11)18(19)20/h1-7H,8H2. The van der Waals surface area contributed by atoms with Gasteiger partial charge in [-0.25, -0.2) is 0 Å². The van der Waals surface area contributed by atoms with E-state index in [1.54, 1.807) is 0 Å². The molecule has 0 spiro atoms. The van der Waals surface area contributed by atoms with Gasteiger partial charge in [-0.15, -0.1) is 0 Å². The highest BCUT2D eigenvalue weighted by Crippen LogP contribution is 2.33. The fraction of sp³-hybridized carbons (Fsp3) is 0.154. The average molecular weight is 298 g/mol. The highest BCUT2D eigenvalue weighted by molar-refractivity contribution is 5.39. The van der Waals surface area contributed by atoms with Crippen LogP contribution in [0, 0.1) is 10.1 Å². The Morgan fingerprint density at radius 3 is 2.57 bits per heavy atom. The van der Waals surface area contributed by atoms with Crippen molar-refractivity contribution in [1.82, 2.24) is 4.98 Å². The summed E-state index contributed by atoms with van der Waals surface area (Å²) in [6.45, 7) is -0.442. The summed E-state index contributed by atoms with van der Waals surface area (Å²) in [6, 6.07) is 7.56. The second kappa shape index (κ2) is 5.78. The molecule has 1 aromatic carbocycles. The largest absolute Gasteiger partial charge is 0.481 e. The lowest BCUT2D eigenvalue weighted by Crippen LogP contribution is -2.11. The van der Waals surface area contributed by atoms with Crippen LogP contribution in [0.15, 0.2) is 42.6 Å². The quantitative estimate of drug-likeness (QED) is 0.639. The topological polar surface area (TPSA) is 65.3 Å². The summed E-state index contributed by atoms with van der Waals surface area (Å²) in [5.74, 6) is -0.721. The van der Waals surface area contributed by atoms with Gasteiger partial charge in [-0.05, 0) is 28.1 Å². The maximum Gasteiger partial charge on any atom is 0.416 e. The van der Waals surface area contributed by atoms with Gasteiger partial charge in [0.1, 0.15) is 12.8 Å². The molecule has 1 aromatic heterocycles. The minimum atomic E-state index is -4.51. The molecule has 0 aliphatic rings. The zero-order chi connectivity index (χ0) is 15.5. The van der Waals surface area contributed by atoms with E-state index in [-0.39, 0.29) is 11.3 Å². The molecule has 110 valence electrons. The number of halogens is 3. The Kier molecular flexibility index (Phi) is 4.06. The number of alkyl halides is 3. The zero-order valence-electron chi connectivity index (χ0n) is 10.5. The summed E-state index contributed by atoms with van der Waals surface area (Å²) in [5, 5.41) is 10.7. The molecular weight excluding hydrogens is 289 g/mol. The van der Waals surface area contributed by atoms with E-state index in [1.165, 1.54) is 36.5 Å². The lowest BCUT2D eigenvalue weighted by atomic mass is 10.1. The maximum atomic E-state index is 12.8. The molecule has 8 heteroatoms. The van der Waals surface area contributed by atoms with Crippen LogP contribution in [-0.4, -0.2) is 9.91 Å². The average Bonchev–Trinajstić information content (AvgIpc) is 2.44.